The second-order valence-electron chi connectivity index (χ2n) is 5.26. The van der Waals surface area contributed by atoms with E-state index in [9.17, 15) is 9.18 Å². The number of ether oxygens (including phenoxy) is 1. The molecule has 0 bridgehead atoms. The van der Waals surface area contributed by atoms with Crippen LogP contribution in [-0.2, 0) is 9.53 Å². The standard InChI is InChI=1S/C14H17FN2O2/c1-7-9-5-8(12(16)11-3-2-4-19-11)6-10(15)13(9)17-14(7)18/h5-7,11-12H,2-4,16H2,1H3,(H,17,18). The largest absolute Gasteiger partial charge is 0.376 e. The number of hydrogen-bond donors (Lipinski definition) is 2. The fraction of sp³-hybridized carbons (Fsp3) is 0.500. The van der Waals surface area contributed by atoms with Crippen molar-refractivity contribution in [2.24, 2.45) is 5.73 Å². The molecule has 0 spiro atoms. The van der Waals surface area contributed by atoms with Gasteiger partial charge in [0.1, 0.15) is 5.82 Å². The fourth-order valence-corrected chi connectivity index (χ4v) is 2.79. The van der Waals surface area contributed by atoms with Gasteiger partial charge in [0.15, 0.2) is 0 Å². The number of fused-ring (bicyclic) bond motifs is 1. The molecule has 3 N–H and O–H groups in total. The van der Waals surface area contributed by atoms with E-state index in [1.54, 1.807) is 6.92 Å². The fourth-order valence-electron chi connectivity index (χ4n) is 2.79. The van der Waals surface area contributed by atoms with Gasteiger partial charge in [0.25, 0.3) is 0 Å². The normalized spacial score (nSPS) is 27.2. The summed E-state index contributed by atoms with van der Waals surface area (Å²) < 4.78 is 19.6. The van der Waals surface area contributed by atoms with E-state index in [4.69, 9.17) is 10.5 Å². The minimum absolute atomic E-state index is 0.0576. The minimum atomic E-state index is -0.418. The smallest absolute Gasteiger partial charge is 0.231 e. The summed E-state index contributed by atoms with van der Waals surface area (Å²) >= 11 is 0. The van der Waals surface area contributed by atoms with E-state index in [1.807, 2.05) is 6.07 Å². The van der Waals surface area contributed by atoms with E-state index in [0.29, 0.717) is 23.4 Å². The Morgan fingerprint density at radius 2 is 2.32 bits per heavy atom. The molecule has 19 heavy (non-hydrogen) atoms. The van der Waals surface area contributed by atoms with Gasteiger partial charge in [-0.25, -0.2) is 4.39 Å². The third-order valence-electron chi connectivity index (χ3n) is 4.00. The Labute approximate surface area is 111 Å². The molecule has 1 amide bonds. The van der Waals surface area contributed by atoms with Crippen LogP contribution >= 0.6 is 0 Å². The van der Waals surface area contributed by atoms with Crippen LogP contribution in [0.5, 0.6) is 0 Å². The van der Waals surface area contributed by atoms with Crippen LogP contribution in [-0.4, -0.2) is 18.6 Å². The Morgan fingerprint density at radius 3 is 3.00 bits per heavy atom. The van der Waals surface area contributed by atoms with Gasteiger partial charge in [0, 0.05) is 6.61 Å². The van der Waals surface area contributed by atoms with Gasteiger partial charge in [-0.2, -0.15) is 0 Å². The molecule has 2 heterocycles. The summed E-state index contributed by atoms with van der Waals surface area (Å²) in [6.45, 7) is 2.48. The topological polar surface area (TPSA) is 64.4 Å². The Bertz CT molecular complexity index is 526. The van der Waals surface area contributed by atoms with Crippen LogP contribution in [0, 0.1) is 5.82 Å². The van der Waals surface area contributed by atoms with Crippen molar-refractivity contribution >= 4 is 11.6 Å². The van der Waals surface area contributed by atoms with Crippen molar-refractivity contribution < 1.29 is 13.9 Å². The highest BCUT2D eigenvalue weighted by atomic mass is 19.1. The first-order valence-electron chi connectivity index (χ1n) is 6.59. The highest BCUT2D eigenvalue weighted by molar-refractivity contribution is 6.02. The molecule has 3 rings (SSSR count). The van der Waals surface area contributed by atoms with Crippen molar-refractivity contribution in [1.82, 2.24) is 0 Å². The van der Waals surface area contributed by atoms with Crippen LogP contribution in [0.4, 0.5) is 10.1 Å². The molecular weight excluding hydrogens is 247 g/mol. The van der Waals surface area contributed by atoms with Gasteiger partial charge in [-0.05, 0) is 37.0 Å². The molecule has 0 aromatic heterocycles. The van der Waals surface area contributed by atoms with E-state index < -0.39 is 5.82 Å². The molecule has 2 aliphatic heterocycles. The number of nitrogens with one attached hydrogen (secondary N) is 1. The molecule has 3 atom stereocenters. The van der Waals surface area contributed by atoms with Crippen LogP contribution in [0.25, 0.3) is 0 Å². The van der Waals surface area contributed by atoms with Crippen molar-refractivity contribution in [2.75, 3.05) is 11.9 Å². The molecule has 0 radical (unpaired) electrons. The highest BCUT2D eigenvalue weighted by Crippen LogP contribution is 2.37. The summed E-state index contributed by atoms with van der Waals surface area (Å²) in [5.41, 5.74) is 7.83. The Balaban J connectivity index is 1.96. The number of anilines is 1. The van der Waals surface area contributed by atoms with Crippen molar-refractivity contribution in [3.8, 4) is 0 Å². The van der Waals surface area contributed by atoms with Crippen molar-refractivity contribution in [3.63, 3.8) is 0 Å². The first-order chi connectivity index (χ1) is 9.08. The second-order valence-corrected chi connectivity index (χ2v) is 5.26. The van der Waals surface area contributed by atoms with Crippen molar-refractivity contribution in [2.45, 2.75) is 37.8 Å². The average Bonchev–Trinajstić information content (AvgIpc) is 3.00. The third kappa shape index (κ3) is 2.03. The monoisotopic (exact) mass is 264 g/mol. The Kier molecular flexibility index (Phi) is 3.03. The molecule has 5 heteroatoms. The van der Waals surface area contributed by atoms with Gasteiger partial charge in [-0.1, -0.05) is 6.07 Å². The quantitative estimate of drug-likeness (QED) is 0.859. The second kappa shape index (κ2) is 4.58. The van der Waals surface area contributed by atoms with E-state index in [1.165, 1.54) is 6.07 Å². The molecule has 1 fully saturated rings. The molecule has 2 aliphatic rings. The molecule has 3 unspecified atom stereocenters. The molecule has 102 valence electrons. The van der Waals surface area contributed by atoms with Gasteiger partial charge in [0.05, 0.1) is 23.8 Å². The van der Waals surface area contributed by atoms with E-state index in [2.05, 4.69) is 5.32 Å². The maximum atomic E-state index is 14.0. The van der Waals surface area contributed by atoms with Gasteiger partial charge < -0.3 is 15.8 Å². The Hall–Kier alpha value is -1.46. The lowest BCUT2D eigenvalue weighted by molar-refractivity contribution is -0.116. The predicted molar refractivity (Wildman–Crippen MR) is 69.3 cm³/mol. The number of hydrogen-bond acceptors (Lipinski definition) is 3. The molecule has 0 saturated carbocycles. The van der Waals surface area contributed by atoms with E-state index >= 15 is 0 Å². The SMILES string of the molecule is CC1C(=O)Nc2c(F)cc(C(N)C3CCCO3)cc21. The van der Waals surface area contributed by atoms with Gasteiger partial charge in [-0.15, -0.1) is 0 Å². The molecule has 4 nitrogen and oxygen atoms in total. The number of amides is 1. The number of carbonyl (C=O) groups is 1. The number of halogens is 1. The maximum absolute atomic E-state index is 14.0. The summed E-state index contributed by atoms with van der Waals surface area (Å²) in [5.74, 6) is -0.920. The predicted octanol–water partition coefficient (Wildman–Crippen LogP) is 2.06. The number of nitrogens with two attached hydrogens (primary N) is 1. The average molecular weight is 264 g/mol. The zero-order valence-electron chi connectivity index (χ0n) is 10.8. The summed E-state index contributed by atoms with van der Waals surface area (Å²) in [4.78, 5) is 11.6. The first kappa shape index (κ1) is 12.6. The molecule has 1 aromatic carbocycles. The summed E-state index contributed by atoms with van der Waals surface area (Å²) in [5, 5.41) is 2.57. The van der Waals surface area contributed by atoms with Gasteiger partial charge in [0.2, 0.25) is 5.91 Å². The number of rotatable bonds is 2. The van der Waals surface area contributed by atoms with E-state index in [-0.39, 0.29) is 24.0 Å². The van der Waals surface area contributed by atoms with Crippen molar-refractivity contribution in [1.29, 1.82) is 0 Å². The highest BCUT2D eigenvalue weighted by Gasteiger charge is 2.32. The maximum Gasteiger partial charge on any atom is 0.231 e. The summed E-state index contributed by atoms with van der Waals surface area (Å²) in [7, 11) is 0. The van der Waals surface area contributed by atoms with Crippen LogP contribution in [0.2, 0.25) is 0 Å². The first-order valence-corrected chi connectivity index (χ1v) is 6.59. The van der Waals surface area contributed by atoms with Crippen LogP contribution in [0.15, 0.2) is 12.1 Å². The lowest BCUT2D eigenvalue weighted by atomic mass is 9.94. The zero-order chi connectivity index (χ0) is 13.6. The Morgan fingerprint density at radius 1 is 1.53 bits per heavy atom. The van der Waals surface area contributed by atoms with Crippen LogP contribution in [0.3, 0.4) is 0 Å². The van der Waals surface area contributed by atoms with Gasteiger partial charge in [-0.3, -0.25) is 4.79 Å². The third-order valence-corrected chi connectivity index (χ3v) is 4.00. The van der Waals surface area contributed by atoms with Gasteiger partial charge >= 0.3 is 0 Å². The molecule has 1 aromatic rings. The summed E-state index contributed by atoms with van der Waals surface area (Å²) in [6, 6.07) is 2.89. The number of carbonyl (C=O) groups excluding carboxylic acids is 1. The van der Waals surface area contributed by atoms with Crippen LogP contribution < -0.4 is 11.1 Å². The van der Waals surface area contributed by atoms with Crippen molar-refractivity contribution in [3.05, 3.63) is 29.1 Å². The molecule has 1 saturated heterocycles. The molecular formula is C14H17FN2O2. The number of benzene rings is 1. The van der Waals surface area contributed by atoms with E-state index in [0.717, 1.165) is 12.8 Å². The minimum Gasteiger partial charge on any atom is -0.376 e. The zero-order valence-corrected chi connectivity index (χ0v) is 10.8. The summed E-state index contributed by atoms with van der Waals surface area (Å²) in [6.07, 6.45) is 1.83. The lowest BCUT2D eigenvalue weighted by Gasteiger charge is -2.20. The lowest BCUT2D eigenvalue weighted by Crippen LogP contribution is -2.25. The molecule has 0 aliphatic carbocycles. The van der Waals surface area contributed by atoms with Crippen LogP contribution in [0.1, 0.15) is 42.9 Å².